The molecular weight excluding hydrogens is 322 g/mol. The number of carbonyl (C=O) groups is 1. The van der Waals surface area contributed by atoms with Crippen molar-refractivity contribution >= 4 is 23.2 Å². The summed E-state index contributed by atoms with van der Waals surface area (Å²) in [5.74, 6) is 0.892. The van der Waals surface area contributed by atoms with Crippen LogP contribution in [-0.4, -0.2) is 37.0 Å². The molecule has 128 valence electrons. The Hall–Kier alpha value is -1.73. The van der Waals surface area contributed by atoms with Gasteiger partial charge in [0.1, 0.15) is 6.07 Å². The molecule has 0 radical (unpaired) electrons. The molecule has 1 aromatic carbocycles. The van der Waals surface area contributed by atoms with Crippen molar-refractivity contribution in [2.24, 2.45) is 5.92 Å². The molecule has 3 rings (SSSR count). The Bertz CT molecular complexity index is 626. The first-order valence-corrected chi connectivity index (χ1v) is 9.27. The first kappa shape index (κ1) is 17.1. The minimum Gasteiger partial charge on any atom is -0.367 e. The van der Waals surface area contributed by atoms with Crippen LogP contribution >= 0.6 is 11.6 Å². The number of rotatable bonds is 3. The smallest absolute Gasteiger partial charge is 0.222 e. The third-order valence-corrected chi connectivity index (χ3v) is 5.48. The molecule has 5 heteroatoms. The van der Waals surface area contributed by atoms with Crippen LogP contribution in [0.15, 0.2) is 18.2 Å². The van der Waals surface area contributed by atoms with Crippen molar-refractivity contribution in [1.82, 2.24) is 4.90 Å². The number of hydrogen-bond acceptors (Lipinski definition) is 3. The molecule has 0 spiro atoms. The number of nitrogens with zero attached hydrogens (tertiary/aromatic N) is 3. The van der Waals surface area contributed by atoms with E-state index in [9.17, 15) is 10.1 Å². The summed E-state index contributed by atoms with van der Waals surface area (Å²) < 4.78 is 0. The average molecular weight is 346 g/mol. The highest BCUT2D eigenvalue weighted by atomic mass is 35.5. The predicted molar refractivity (Wildman–Crippen MR) is 96.2 cm³/mol. The fourth-order valence-corrected chi connectivity index (χ4v) is 4.01. The van der Waals surface area contributed by atoms with Crippen LogP contribution < -0.4 is 4.90 Å². The van der Waals surface area contributed by atoms with E-state index in [4.69, 9.17) is 11.6 Å². The highest BCUT2D eigenvalue weighted by Crippen LogP contribution is 2.28. The van der Waals surface area contributed by atoms with E-state index < -0.39 is 0 Å². The maximum atomic E-state index is 12.5. The van der Waals surface area contributed by atoms with Crippen molar-refractivity contribution in [3.63, 3.8) is 0 Å². The molecule has 1 heterocycles. The number of halogens is 1. The number of anilines is 1. The lowest BCUT2D eigenvalue weighted by Crippen LogP contribution is -2.49. The molecule has 0 atom stereocenters. The quantitative estimate of drug-likeness (QED) is 0.836. The highest BCUT2D eigenvalue weighted by molar-refractivity contribution is 6.30. The number of piperazine rings is 1. The lowest BCUT2D eigenvalue weighted by atomic mass is 9.86. The molecular formula is C19H24ClN3O. The van der Waals surface area contributed by atoms with Crippen molar-refractivity contribution in [3.8, 4) is 6.07 Å². The van der Waals surface area contributed by atoms with Gasteiger partial charge in [0.05, 0.1) is 11.3 Å². The van der Waals surface area contributed by atoms with Crippen LogP contribution in [0.1, 0.15) is 44.1 Å². The summed E-state index contributed by atoms with van der Waals surface area (Å²) in [7, 11) is 0. The van der Waals surface area contributed by atoms with E-state index in [1.54, 1.807) is 6.07 Å². The average Bonchev–Trinajstić information content (AvgIpc) is 2.62. The van der Waals surface area contributed by atoms with Crippen LogP contribution in [-0.2, 0) is 4.79 Å². The summed E-state index contributed by atoms with van der Waals surface area (Å²) in [6.07, 6.45) is 7.01. The first-order chi connectivity index (χ1) is 11.7. The van der Waals surface area contributed by atoms with Crippen molar-refractivity contribution in [2.75, 3.05) is 31.1 Å². The van der Waals surface area contributed by atoms with Gasteiger partial charge >= 0.3 is 0 Å². The van der Waals surface area contributed by atoms with Crippen molar-refractivity contribution < 1.29 is 4.79 Å². The predicted octanol–water partition coefficient (Wildman–Crippen LogP) is 3.83. The standard InChI is InChI=1S/C19H24ClN3O/c20-17-6-7-18(16(13-17)14-21)22-8-10-23(11-9-22)19(24)12-15-4-2-1-3-5-15/h6-7,13,15H,1-5,8-12H2. The Labute approximate surface area is 149 Å². The van der Waals surface area contributed by atoms with Gasteiger partial charge in [0.15, 0.2) is 0 Å². The maximum absolute atomic E-state index is 12.5. The molecule has 0 N–H and O–H groups in total. The molecule has 0 aromatic heterocycles. The molecule has 1 aliphatic heterocycles. The topological polar surface area (TPSA) is 47.3 Å². The number of hydrogen-bond donors (Lipinski definition) is 0. The molecule has 2 fully saturated rings. The third kappa shape index (κ3) is 4.02. The minimum atomic E-state index is 0.304. The van der Waals surface area contributed by atoms with E-state index >= 15 is 0 Å². The summed E-state index contributed by atoms with van der Waals surface area (Å²) >= 11 is 5.97. The molecule has 1 saturated carbocycles. The second kappa shape index (κ2) is 7.90. The summed E-state index contributed by atoms with van der Waals surface area (Å²) in [6, 6.07) is 7.64. The zero-order valence-corrected chi connectivity index (χ0v) is 14.8. The van der Waals surface area contributed by atoms with Crippen molar-refractivity contribution in [2.45, 2.75) is 38.5 Å². The lowest BCUT2D eigenvalue weighted by Gasteiger charge is -2.37. The van der Waals surface area contributed by atoms with Crippen LogP contribution in [0.5, 0.6) is 0 Å². The Morgan fingerprint density at radius 2 is 1.88 bits per heavy atom. The van der Waals surface area contributed by atoms with Gasteiger partial charge in [-0.05, 0) is 37.0 Å². The SMILES string of the molecule is N#Cc1cc(Cl)ccc1N1CCN(C(=O)CC2CCCCC2)CC1. The van der Waals surface area contributed by atoms with E-state index in [0.29, 0.717) is 28.8 Å². The molecule has 1 amide bonds. The summed E-state index contributed by atoms with van der Waals surface area (Å²) in [4.78, 5) is 16.7. The fraction of sp³-hybridized carbons (Fsp3) is 0.579. The van der Waals surface area contributed by atoms with Gasteiger partial charge in [-0.3, -0.25) is 4.79 Å². The first-order valence-electron chi connectivity index (χ1n) is 8.90. The van der Waals surface area contributed by atoms with Gasteiger partial charge in [-0.1, -0.05) is 30.9 Å². The van der Waals surface area contributed by atoms with E-state index in [0.717, 1.165) is 31.9 Å². The number of carbonyl (C=O) groups excluding carboxylic acids is 1. The molecule has 1 saturated heterocycles. The highest BCUT2D eigenvalue weighted by Gasteiger charge is 2.25. The molecule has 1 aromatic rings. The van der Waals surface area contributed by atoms with Crippen molar-refractivity contribution in [3.05, 3.63) is 28.8 Å². The molecule has 0 bridgehead atoms. The second-order valence-corrected chi connectivity index (χ2v) is 7.29. The van der Waals surface area contributed by atoms with Gasteiger partial charge in [0.25, 0.3) is 0 Å². The van der Waals surface area contributed by atoms with E-state index in [1.807, 2.05) is 17.0 Å². The Kier molecular flexibility index (Phi) is 5.63. The van der Waals surface area contributed by atoms with E-state index in [-0.39, 0.29) is 0 Å². The third-order valence-electron chi connectivity index (χ3n) is 5.24. The monoisotopic (exact) mass is 345 g/mol. The zero-order chi connectivity index (χ0) is 16.9. The molecule has 24 heavy (non-hydrogen) atoms. The zero-order valence-electron chi connectivity index (χ0n) is 14.0. The number of amides is 1. The van der Waals surface area contributed by atoms with Gasteiger partial charge in [-0.2, -0.15) is 5.26 Å². The van der Waals surface area contributed by atoms with Crippen molar-refractivity contribution in [1.29, 1.82) is 5.26 Å². The van der Waals surface area contributed by atoms with Crippen LogP contribution in [0.25, 0.3) is 0 Å². The number of nitriles is 1. The van der Waals surface area contributed by atoms with Gasteiger partial charge in [0.2, 0.25) is 5.91 Å². The van der Waals surface area contributed by atoms with Crippen LogP contribution in [0.2, 0.25) is 5.02 Å². The van der Waals surface area contributed by atoms with Crippen LogP contribution in [0.3, 0.4) is 0 Å². The normalized spacial score (nSPS) is 19.2. The molecule has 0 unspecified atom stereocenters. The Morgan fingerprint density at radius 1 is 1.17 bits per heavy atom. The van der Waals surface area contributed by atoms with E-state index in [2.05, 4.69) is 11.0 Å². The molecule has 1 aliphatic carbocycles. The molecule has 2 aliphatic rings. The van der Waals surface area contributed by atoms with E-state index in [1.165, 1.54) is 32.1 Å². The van der Waals surface area contributed by atoms with Gasteiger partial charge in [-0.25, -0.2) is 0 Å². The Morgan fingerprint density at radius 3 is 2.54 bits per heavy atom. The van der Waals surface area contributed by atoms with Crippen LogP contribution in [0, 0.1) is 17.2 Å². The largest absolute Gasteiger partial charge is 0.367 e. The minimum absolute atomic E-state index is 0.304. The summed E-state index contributed by atoms with van der Waals surface area (Å²) in [5.41, 5.74) is 1.52. The summed E-state index contributed by atoms with van der Waals surface area (Å²) in [5, 5.41) is 9.88. The lowest BCUT2D eigenvalue weighted by molar-refractivity contribution is -0.132. The van der Waals surface area contributed by atoms with Gasteiger partial charge in [-0.15, -0.1) is 0 Å². The maximum Gasteiger partial charge on any atom is 0.222 e. The summed E-state index contributed by atoms with van der Waals surface area (Å²) in [6.45, 7) is 3.01. The molecule has 4 nitrogen and oxygen atoms in total. The van der Waals surface area contributed by atoms with Gasteiger partial charge in [0, 0.05) is 37.6 Å². The van der Waals surface area contributed by atoms with Crippen LogP contribution in [0.4, 0.5) is 5.69 Å². The second-order valence-electron chi connectivity index (χ2n) is 6.85. The fourth-order valence-electron chi connectivity index (χ4n) is 3.84. The number of benzene rings is 1. The Balaban J connectivity index is 1.56. The van der Waals surface area contributed by atoms with Gasteiger partial charge < -0.3 is 9.80 Å².